The summed E-state index contributed by atoms with van der Waals surface area (Å²) < 4.78 is 0. The van der Waals surface area contributed by atoms with Crippen LogP contribution in [0, 0.1) is 5.41 Å². The topological polar surface area (TPSA) is 125 Å². The van der Waals surface area contributed by atoms with E-state index in [1.54, 1.807) is 0 Å². The van der Waals surface area contributed by atoms with Gasteiger partial charge in [0.05, 0.1) is 6.10 Å². The molecule has 0 radical (unpaired) electrons. The van der Waals surface area contributed by atoms with Crippen molar-refractivity contribution in [2.45, 2.75) is 63.5 Å². The Kier molecular flexibility index (Phi) is 8.64. The highest BCUT2D eigenvalue weighted by Crippen LogP contribution is 2.38. The maximum atomic E-state index is 13.1. The fourth-order valence-electron chi connectivity index (χ4n) is 4.70. The van der Waals surface area contributed by atoms with Crippen LogP contribution in [0.25, 0.3) is 0 Å². The second-order valence-electron chi connectivity index (χ2n) is 9.09. The van der Waals surface area contributed by atoms with Crippen LogP contribution in [0.15, 0.2) is 30.3 Å². The third-order valence-electron chi connectivity index (χ3n) is 6.78. The summed E-state index contributed by atoms with van der Waals surface area (Å²) in [5.41, 5.74) is 5.31. The number of nitrogens with two attached hydrogens (primary N) is 1. The molecule has 2 fully saturated rings. The SMILES string of the molecule is NC(=O)C1(C(=O)N[C@H](Cc2ccccc2)C(=O)NCCCN2CCC(O)CC2)CCCC1. The summed E-state index contributed by atoms with van der Waals surface area (Å²) in [6.07, 6.45) is 4.93. The van der Waals surface area contributed by atoms with Crippen LogP contribution in [0.2, 0.25) is 0 Å². The van der Waals surface area contributed by atoms with Gasteiger partial charge in [-0.15, -0.1) is 0 Å². The van der Waals surface area contributed by atoms with Crippen molar-refractivity contribution in [3.05, 3.63) is 35.9 Å². The number of carbonyl (C=O) groups is 3. The fraction of sp³-hybridized carbons (Fsp3) is 0.625. The lowest BCUT2D eigenvalue weighted by Gasteiger charge is -2.29. The van der Waals surface area contributed by atoms with Crippen LogP contribution in [-0.4, -0.2) is 66.1 Å². The largest absolute Gasteiger partial charge is 0.393 e. The van der Waals surface area contributed by atoms with Crippen LogP contribution in [-0.2, 0) is 20.8 Å². The second kappa shape index (κ2) is 11.4. The number of carbonyl (C=O) groups excluding carboxylic acids is 3. The number of hydrogen-bond acceptors (Lipinski definition) is 5. The van der Waals surface area contributed by atoms with Gasteiger partial charge < -0.3 is 26.4 Å². The molecule has 3 amide bonds. The maximum Gasteiger partial charge on any atom is 0.242 e. The van der Waals surface area contributed by atoms with Gasteiger partial charge in [0.15, 0.2) is 0 Å². The van der Waals surface area contributed by atoms with E-state index in [2.05, 4.69) is 15.5 Å². The van der Waals surface area contributed by atoms with E-state index >= 15 is 0 Å². The zero-order valence-electron chi connectivity index (χ0n) is 18.7. The number of nitrogens with zero attached hydrogens (tertiary/aromatic N) is 1. The molecule has 32 heavy (non-hydrogen) atoms. The van der Waals surface area contributed by atoms with Crippen molar-refractivity contribution >= 4 is 17.7 Å². The third-order valence-corrected chi connectivity index (χ3v) is 6.78. The Hall–Kier alpha value is -2.45. The zero-order chi connectivity index (χ0) is 23.0. The van der Waals surface area contributed by atoms with Crippen molar-refractivity contribution in [2.75, 3.05) is 26.2 Å². The first-order chi connectivity index (χ1) is 15.4. The molecular formula is C24H36N4O4. The van der Waals surface area contributed by atoms with E-state index in [-0.39, 0.29) is 12.0 Å². The van der Waals surface area contributed by atoms with Crippen LogP contribution in [0.4, 0.5) is 0 Å². The van der Waals surface area contributed by atoms with Crippen LogP contribution in [0.1, 0.15) is 50.5 Å². The maximum absolute atomic E-state index is 13.1. The van der Waals surface area contributed by atoms with Gasteiger partial charge in [0.25, 0.3) is 0 Å². The molecule has 1 atom stereocenters. The van der Waals surface area contributed by atoms with Crippen LogP contribution >= 0.6 is 0 Å². The number of likely N-dealkylation sites (tertiary alicyclic amines) is 1. The minimum atomic E-state index is -1.21. The summed E-state index contributed by atoms with van der Waals surface area (Å²) in [6, 6.07) is 8.74. The molecule has 1 aromatic rings. The van der Waals surface area contributed by atoms with Crippen molar-refractivity contribution in [1.29, 1.82) is 0 Å². The number of primary amides is 1. The Balaban J connectivity index is 1.57. The van der Waals surface area contributed by atoms with Gasteiger partial charge in [-0.3, -0.25) is 14.4 Å². The van der Waals surface area contributed by atoms with E-state index in [4.69, 9.17) is 5.73 Å². The molecule has 1 aromatic carbocycles. The highest BCUT2D eigenvalue weighted by molar-refractivity contribution is 6.05. The molecule has 1 aliphatic heterocycles. The average Bonchev–Trinajstić information content (AvgIpc) is 3.30. The highest BCUT2D eigenvalue weighted by atomic mass is 16.3. The number of hydrogen-bond donors (Lipinski definition) is 4. The molecule has 1 heterocycles. The molecule has 176 valence electrons. The third kappa shape index (κ3) is 6.29. The van der Waals surface area contributed by atoms with Crippen molar-refractivity contribution in [3.8, 4) is 0 Å². The summed E-state index contributed by atoms with van der Waals surface area (Å²) in [7, 11) is 0. The minimum Gasteiger partial charge on any atom is -0.393 e. The van der Waals surface area contributed by atoms with E-state index in [1.807, 2.05) is 30.3 Å². The molecule has 1 saturated heterocycles. The first kappa shape index (κ1) is 24.2. The molecule has 1 aliphatic carbocycles. The summed E-state index contributed by atoms with van der Waals surface area (Å²) in [4.78, 5) is 40.4. The van der Waals surface area contributed by atoms with Gasteiger partial charge in [-0.2, -0.15) is 0 Å². The van der Waals surface area contributed by atoms with Gasteiger partial charge in [0, 0.05) is 26.1 Å². The van der Waals surface area contributed by atoms with Crippen molar-refractivity contribution in [3.63, 3.8) is 0 Å². The number of aliphatic hydroxyl groups excluding tert-OH is 1. The van der Waals surface area contributed by atoms with Gasteiger partial charge in [-0.25, -0.2) is 0 Å². The summed E-state index contributed by atoms with van der Waals surface area (Å²) in [5, 5.41) is 15.4. The lowest BCUT2D eigenvalue weighted by atomic mass is 9.84. The Morgan fingerprint density at radius 1 is 1.12 bits per heavy atom. The van der Waals surface area contributed by atoms with Gasteiger partial charge in [-0.05, 0) is 44.2 Å². The zero-order valence-corrected chi connectivity index (χ0v) is 18.7. The normalized spacial score (nSPS) is 19.9. The average molecular weight is 445 g/mol. The number of piperidine rings is 1. The van der Waals surface area contributed by atoms with E-state index in [1.165, 1.54) is 0 Å². The number of benzene rings is 1. The lowest BCUT2D eigenvalue weighted by Crippen LogP contribution is -2.55. The molecule has 3 rings (SSSR count). The Bertz CT molecular complexity index is 771. The van der Waals surface area contributed by atoms with E-state index in [9.17, 15) is 19.5 Å². The smallest absolute Gasteiger partial charge is 0.242 e. The summed E-state index contributed by atoms with van der Waals surface area (Å²) in [6.45, 7) is 3.10. The number of rotatable bonds is 10. The predicted octanol–water partition coefficient (Wildman–Crippen LogP) is 0.723. The van der Waals surface area contributed by atoms with E-state index in [0.29, 0.717) is 25.8 Å². The standard InChI is InChI=1S/C24H36N4O4/c25-22(31)24(11-4-5-12-24)23(32)27-20(17-18-7-2-1-3-8-18)21(30)26-13-6-14-28-15-9-19(29)10-16-28/h1-3,7-8,19-20,29H,4-6,9-17H2,(H2,25,31)(H,26,30)(H,27,32)/t20-/m1/s1. The molecule has 0 bridgehead atoms. The van der Waals surface area contributed by atoms with Crippen molar-refractivity contribution in [1.82, 2.24) is 15.5 Å². The van der Waals surface area contributed by atoms with E-state index < -0.39 is 23.3 Å². The highest BCUT2D eigenvalue weighted by Gasteiger charge is 2.47. The Morgan fingerprint density at radius 3 is 2.41 bits per heavy atom. The van der Waals surface area contributed by atoms with Gasteiger partial charge >= 0.3 is 0 Å². The molecule has 8 nitrogen and oxygen atoms in total. The van der Waals surface area contributed by atoms with Crippen molar-refractivity contribution in [2.24, 2.45) is 11.1 Å². The van der Waals surface area contributed by atoms with Crippen LogP contribution < -0.4 is 16.4 Å². The molecule has 0 unspecified atom stereocenters. The first-order valence-corrected chi connectivity index (χ1v) is 11.7. The fourth-order valence-corrected chi connectivity index (χ4v) is 4.70. The van der Waals surface area contributed by atoms with E-state index in [0.717, 1.165) is 57.3 Å². The molecule has 0 aromatic heterocycles. The minimum absolute atomic E-state index is 0.197. The van der Waals surface area contributed by atoms with Crippen LogP contribution in [0.5, 0.6) is 0 Å². The Morgan fingerprint density at radius 2 is 1.78 bits per heavy atom. The predicted molar refractivity (Wildman–Crippen MR) is 121 cm³/mol. The molecule has 0 spiro atoms. The first-order valence-electron chi connectivity index (χ1n) is 11.7. The molecular weight excluding hydrogens is 408 g/mol. The van der Waals surface area contributed by atoms with Crippen molar-refractivity contribution < 1.29 is 19.5 Å². The monoisotopic (exact) mass is 444 g/mol. The summed E-state index contributed by atoms with van der Waals surface area (Å²) >= 11 is 0. The number of aliphatic hydroxyl groups is 1. The molecule has 2 aliphatic rings. The quantitative estimate of drug-likeness (QED) is 0.313. The number of nitrogens with one attached hydrogen (secondary N) is 2. The second-order valence-corrected chi connectivity index (χ2v) is 9.09. The molecule has 8 heteroatoms. The molecule has 5 N–H and O–H groups in total. The summed E-state index contributed by atoms with van der Waals surface area (Å²) in [5.74, 6) is -1.31. The number of amides is 3. The van der Waals surface area contributed by atoms with Gasteiger partial charge in [-0.1, -0.05) is 43.2 Å². The van der Waals surface area contributed by atoms with Gasteiger partial charge in [0.1, 0.15) is 11.5 Å². The van der Waals surface area contributed by atoms with Crippen LogP contribution in [0.3, 0.4) is 0 Å². The van der Waals surface area contributed by atoms with Gasteiger partial charge in [0.2, 0.25) is 17.7 Å². The molecule has 1 saturated carbocycles. The Labute approximate surface area is 189 Å². The lowest BCUT2D eigenvalue weighted by molar-refractivity contribution is -0.143.